The lowest BCUT2D eigenvalue weighted by Crippen LogP contribution is -2.44. The van der Waals surface area contributed by atoms with Crippen LogP contribution in [0.25, 0.3) is 0 Å². The van der Waals surface area contributed by atoms with Gasteiger partial charge in [-0.1, -0.05) is 0 Å². The van der Waals surface area contributed by atoms with Crippen molar-refractivity contribution in [3.63, 3.8) is 0 Å². The molecular weight excluding hydrogens is 336 g/mol. The first-order valence-corrected chi connectivity index (χ1v) is 8.81. The molecule has 1 fully saturated rings. The molecule has 1 unspecified atom stereocenters. The average Bonchev–Trinajstić information content (AvgIpc) is 3.29. The number of hydrogen-bond acceptors (Lipinski definition) is 5. The van der Waals surface area contributed by atoms with E-state index in [1.165, 1.54) is 9.25 Å². The summed E-state index contributed by atoms with van der Waals surface area (Å²) in [4.78, 5) is 39.1. The maximum atomic E-state index is 12.6. The summed E-state index contributed by atoms with van der Waals surface area (Å²) >= 11 is 0. The molecule has 26 heavy (non-hydrogen) atoms. The molecule has 0 saturated carbocycles. The van der Waals surface area contributed by atoms with E-state index in [4.69, 9.17) is 0 Å². The molecule has 2 aliphatic heterocycles. The van der Waals surface area contributed by atoms with Crippen molar-refractivity contribution in [2.45, 2.75) is 39.3 Å². The normalized spacial score (nSPS) is 21.8. The molecule has 0 radical (unpaired) electrons. The largest absolute Gasteiger partial charge is 0.337 e. The van der Waals surface area contributed by atoms with Crippen molar-refractivity contribution in [1.29, 1.82) is 0 Å². The third-order valence-corrected chi connectivity index (χ3v) is 5.34. The van der Waals surface area contributed by atoms with Gasteiger partial charge < -0.3 is 4.90 Å². The number of hydrogen-bond donors (Lipinski definition) is 0. The molecule has 1 spiro atoms. The third-order valence-electron chi connectivity index (χ3n) is 5.34. The number of nitrogens with zero attached hydrogens (tertiary/aromatic N) is 6. The van der Waals surface area contributed by atoms with E-state index in [2.05, 4.69) is 10.2 Å². The lowest BCUT2D eigenvalue weighted by atomic mass is 9.86. The van der Waals surface area contributed by atoms with Crippen molar-refractivity contribution in [2.75, 3.05) is 13.1 Å². The summed E-state index contributed by atoms with van der Waals surface area (Å²) in [7, 11) is 1.78. The van der Waals surface area contributed by atoms with Gasteiger partial charge in [0.1, 0.15) is 11.5 Å². The summed E-state index contributed by atoms with van der Waals surface area (Å²) in [6, 6.07) is 1.54. The Morgan fingerprint density at radius 2 is 1.96 bits per heavy atom. The quantitative estimate of drug-likeness (QED) is 0.694. The van der Waals surface area contributed by atoms with Crippen LogP contribution in [0, 0.1) is 5.41 Å². The zero-order chi connectivity index (χ0) is 18.6. The van der Waals surface area contributed by atoms with Crippen LogP contribution in [0.5, 0.6) is 0 Å². The van der Waals surface area contributed by atoms with E-state index in [0.29, 0.717) is 37.6 Å². The lowest BCUT2D eigenvalue weighted by Gasteiger charge is -2.22. The highest BCUT2D eigenvalue weighted by atomic mass is 16.2. The Bertz CT molecular complexity index is 1000. The standard InChI is InChI=1S/C17H22N6O3/c1-11(2)23-16(26)15(25)22-10-17(8-13(22)19-23)5-7-21(9-17)14(24)12-4-6-20(3)18-12/h4,6,11H,5,7-10H2,1-3H3. The molecule has 4 rings (SSSR count). The second-order valence-electron chi connectivity index (χ2n) is 7.68. The van der Waals surface area contributed by atoms with Gasteiger partial charge in [0.25, 0.3) is 5.91 Å². The van der Waals surface area contributed by atoms with Gasteiger partial charge >= 0.3 is 11.1 Å². The molecule has 138 valence electrons. The topological polar surface area (TPSA) is 95.0 Å². The predicted molar refractivity (Wildman–Crippen MR) is 93.0 cm³/mol. The fraction of sp³-hybridized carbons (Fsp3) is 0.588. The maximum absolute atomic E-state index is 12.6. The number of carbonyl (C=O) groups is 1. The van der Waals surface area contributed by atoms with Gasteiger partial charge in [-0.15, -0.1) is 0 Å². The highest BCUT2D eigenvalue weighted by Gasteiger charge is 2.46. The Balaban J connectivity index is 1.60. The molecule has 9 nitrogen and oxygen atoms in total. The molecule has 2 aliphatic rings. The van der Waals surface area contributed by atoms with Crippen LogP contribution in [-0.2, 0) is 20.0 Å². The Kier molecular flexibility index (Phi) is 3.64. The van der Waals surface area contributed by atoms with Gasteiger partial charge in [0.2, 0.25) is 0 Å². The smallest absolute Gasteiger partial charge is 0.332 e. The van der Waals surface area contributed by atoms with Gasteiger partial charge in [0, 0.05) is 44.7 Å². The van der Waals surface area contributed by atoms with Gasteiger partial charge in [-0.2, -0.15) is 10.2 Å². The summed E-state index contributed by atoms with van der Waals surface area (Å²) in [5.41, 5.74) is -0.906. The summed E-state index contributed by atoms with van der Waals surface area (Å²) in [5, 5.41) is 8.59. The zero-order valence-corrected chi connectivity index (χ0v) is 15.2. The number of amides is 1. The Labute approximate surface area is 149 Å². The second kappa shape index (κ2) is 5.65. The summed E-state index contributed by atoms with van der Waals surface area (Å²) in [6.07, 6.45) is 3.12. The first kappa shape index (κ1) is 16.7. The van der Waals surface area contributed by atoms with Gasteiger partial charge in [0.05, 0.1) is 6.04 Å². The molecule has 1 saturated heterocycles. The van der Waals surface area contributed by atoms with E-state index in [9.17, 15) is 14.4 Å². The van der Waals surface area contributed by atoms with E-state index in [1.807, 2.05) is 13.8 Å². The van der Waals surface area contributed by atoms with Crippen LogP contribution in [0.4, 0.5) is 0 Å². The van der Waals surface area contributed by atoms with Crippen LogP contribution in [0.3, 0.4) is 0 Å². The van der Waals surface area contributed by atoms with Crippen LogP contribution in [0.2, 0.25) is 0 Å². The molecule has 2 aromatic heterocycles. The fourth-order valence-electron chi connectivity index (χ4n) is 4.00. The molecule has 1 atom stereocenters. The number of rotatable bonds is 2. The van der Waals surface area contributed by atoms with E-state index in [1.54, 1.807) is 28.9 Å². The van der Waals surface area contributed by atoms with Crippen LogP contribution >= 0.6 is 0 Å². The molecule has 0 N–H and O–H groups in total. The van der Waals surface area contributed by atoms with Crippen molar-refractivity contribution < 1.29 is 4.79 Å². The van der Waals surface area contributed by atoms with Gasteiger partial charge in [-0.25, -0.2) is 4.68 Å². The number of carbonyl (C=O) groups excluding carboxylic acids is 1. The number of aryl methyl sites for hydroxylation is 1. The van der Waals surface area contributed by atoms with E-state index in [0.717, 1.165) is 6.42 Å². The molecular formula is C17H22N6O3. The van der Waals surface area contributed by atoms with Crippen LogP contribution in [-0.4, -0.2) is 48.0 Å². The fourth-order valence-corrected chi connectivity index (χ4v) is 4.00. The van der Waals surface area contributed by atoms with Crippen molar-refractivity contribution in [3.8, 4) is 0 Å². The van der Waals surface area contributed by atoms with Crippen LogP contribution in [0.15, 0.2) is 21.9 Å². The van der Waals surface area contributed by atoms with Gasteiger partial charge in [-0.3, -0.25) is 23.6 Å². The molecule has 9 heteroatoms. The molecule has 0 aliphatic carbocycles. The van der Waals surface area contributed by atoms with Gasteiger partial charge in [0.15, 0.2) is 0 Å². The minimum Gasteiger partial charge on any atom is -0.337 e. The predicted octanol–water partition coefficient (Wildman–Crippen LogP) is -0.192. The summed E-state index contributed by atoms with van der Waals surface area (Å²) in [6.45, 7) is 5.26. The highest BCUT2D eigenvalue weighted by molar-refractivity contribution is 5.92. The number of likely N-dealkylation sites (tertiary alicyclic amines) is 1. The monoisotopic (exact) mass is 358 g/mol. The highest BCUT2D eigenvalue weighted by Crippen LogP contribution is 2.39. The van der Waals surface area contributed by atoms with Crippen LogP contribution in [0.1, 0.15) is 42.6 Å². The second-order valence-corrected chi connectivity index (χ2v) is 7.68. The minimum absolute atomic E-state index is 0.0968. The lowest BCUT2D eigenvalue weighted by molar-refractivity contribution is 0.0765. The first-order chi connectivity index (χ1) is 12.3. The summed E-state index contributed by atoms with van der Waals surface area (Å²) in [5.74, 6) is 0.538. The number of fused-ring (bicyclic) bond motifs is 1. The summed E-state index contributed by atoms with van der Waals surface area (Å²) < 4.78 is 4.36. The number of aromatic nitrogens is 5. The molecule has 4 heterocycles. The van der Waals surface area contributed by atoms with E-state index in [-0.39, 0.29) is 17.4 Å². The van der Waals surface area contributed by atoms with Gasteiger partial charge in [-0.05, 0) is 26.3 Å². The zero-order valence-electron chi connectivity index (χ0n) is 15.2. The van der Waals surface area contributed by atoms with Crippen LogP contribution < -0.4 is 11.1 Å². The van der Waals surface area contributed by atoms with E-state index < -0.39 is 11.1 Å². The Morgan fingerprint density at radius 1 is 1.19 bits per heavy atom. The molecule has 0 aromatic carbocycles. The Morgan fingerprint density at radius 3 is 2.62 bits per heavy atom. The van der Waals surface area contributed by atoms with Crippen molar-refractivity contribution >= 4 is 5.91 Å². The first-order valence-electron chi connectivity index (χ1n) is 8.81. The van der Waals surface area contributed by atoms with Crippen molar-refractivity contribution in [3.05, 3.63) is 44.5 Å². The minimum atomic E-state index is -0.583. The maximum Gasteiger partial charge on any atom is 0.332 e. The van der Waals surface area contributed by atoms with Crippen molar-refractivity contribution in [1.82, 2.24) is 29.0 Å². The third kappa shape index (κ3) is 2.49. The molecule has 2 aromatic rings. The molecule has 0 bridgehead atoms. The van der Waals surface area contributed by atoms with E-state index >= 15 is 0 Å². The van der Waals surface area contributed by atoms with Crippen molar-refractivity contribution in [2.24, 2.45) is 12.5 Å². The molecule has 1 amide bonds. The average molecular weight is 358 g/mol. The SMILES string of the molecule is CC(C)n1nc2n(c(=O)c1=O)CC1(CCN(C(=O)c3ccn(C)n3)C1)C2. The Hall–Kier alpha value is -2.71.